The Labute approximate surface area is 219 Å². The first-order valence-corrected chi connectivity index (χ1v) is 13.1. The van der Waals surface area contributed by atoms with Crippen LogP contribution in [-0.4, -0.2) is 42.1 Å². The summed E-state index contributed by atoms with van der Waals surface area (Å²) in [6, 6.07) is 15.8. The number of phenolic OH excluding ortho intramolecular Hbond substituents is 1. The molecule has 194 valence electrons. The standard InChI is InChI=1S/C22H16FNO3S.C7H14FN/c1-12-10-13(23)2-8-17(12)20(26)22-21(27-16-6-3-14(24)4-7-16)18-9-5-15(25)11-19(18)28-22;8-4-3-7-9-5-1-2-6-9/h2-11,25H,24H2,1H3;1-7H2. The van der Waals surface area contributed by atoms with Gasteiger partial charge in [0.15, 0.2) is 5.75 Å². The topological polar surface area (TPSA) is 75.8 Å². The van der Waals surface area contributed by atoms with E-state index in [0.29, 0.717) is 43.3 Å². The fraction of sp³-hybridized carbons (Fsp3) is 0.276. The van der Waals surface area contributed by atoms with Crippen molar-refractivity contribution in [3.05, 3.63) is 82.5 Å². The number of halogens is 2. The number of fused-ring (bicyclic) bond motifs is 1. The van der Waals surface area contributed by atoms with E-state index in [1.807, 2.05) is 0 Å². The Kier molecular flexibility index (Phi) is 8.74. The molecule has 0 amide bonds. The summed E-state index contributed by atoms with van der Waals surface area (Å²) in [6.45, 7) is 4.89. The SMILES string of the molecule is Cc1cc(F)ccc1C(=O)c1sc2cc(O)ccc2c1Oc1ccc(N)cc1.FCCCN1CCCC1. The predicted molar refractivity (Wildman–Crippen MR) is 145 cm³/mol. The third-order valence-corrected chi connectivity index (χ3v) is 7.31. The molecule has 0 saturated carbocycles. The van der Waals surface area contributed by atoms with Gasteiger partial charge in [-0.2, -0.15) is 0 Å². The third-order valence-electron chi connectivity index (χ3n) is 6.17. The molecule has 1 fully saturated rings. The minimum atomic E-state index is -0.395. The van der Waals surface area contributed by atoms with E-state index < -0.39 is 5.82 Å². The van der Waals surface area contributed by atoms with Crippen molar-refractivity contribution in [3.63, 3.8) is 0 Å². The first-order valence-electron chi connectivity index (χ1n) is 12.2. The molecule has 0 radical (unpaired) electrons. The van der Waals surface area contributed by atoms with Crippen molar-refractivity contribution in [1.82, 2.24) is 4.90 Å². The van der Waals surface area contributed by atoms with Gasteiger partial charge in [0.25, 0.3) is 0 Å². The molecule has 0 unspecified atom stereocenters. The van der Waals surface area contributed by atoms with Crippen LogP contribution in [0, 0.1) is 12.7 Å². The number of anilines is 1. The van der Waals surface area contributed by atoms with Crippen LogP contribution in [0.3, 0.4) is 0 Å². The lowest BCUT2D eigenvalue weighted by atomic mass is 10.0. The number of likely N-dealkylation sites (tertiary alicyclic amines) is 1. The van der Waals surface area contributed by atoms with E-state index in [1.165, 1.54) is 55.5 Å². The normalized spacial score (nSPS) is 13.4. The molecule has 1 aliphatic heterocycles. The minimum absolute atomic E-state index is 0.102. The van der Waals surface area contributed by atoms with Gasteiger partial charge < -0.3 is 20.5 Å². The molecule has 37 heavy (non-hydrogen) atoms. The molecule has 0 bridgehead atoms. The molecule has 0 aliphatic carbocycles. The fourth-order valence-corrected chi connectivity index (χ4v) is 5.38. The summed E-state index contributed by atoms with van der Waals surface area (Å²) in [5.41, 5.74) is 7.27. The number of benzene rings is 3. The van der Waals surface area contributed by atoms with E-state index in [9.17, 15) is 18.7 Å². The number of phenols is 1. The Morgan fingerprint density at radius 1 is 1.08 bits per heavy atom. The third kappa shape index (κ3) is 6.64. The van der Waals surface area contributed by atoms with E-state index in [-0.39, 0.29) is 18.2 Å². The number of ketones is 1. The fourth-order valence-electron chi connectivity index (χ4n) is 4.26. The van der Waals surface area contributed by atoms with Crippen LogP contribution >= 0.6 is 11.3 Å². The second kappa shape index (κ2) is 12.2. The minimum Gasteiger partial charge on any atom is -0.508 e. The van der Waals surface area contributed by atoms with Crippen LogP contribution < -0.4 is 10.5 Å². The van der Waals surface area contributed by atoms with Crippen molar-refractivity contribution in [2.24, 2.45) is 0 Å². The maximum absolute atomic E-state index is 13.5. The highest BCUT2D eigenvalue weighted by Gasteiger charge is 2.23. The van der Waals surface area contributed by atoms with Crippen LogP contribution in [0.2, 0.25) is 0 Å². The summed E-state index contributed by atoms with van der Waals surface area (Å²) >= 11 is 1.22. The van der Waals surface area contributed by atoms with Gasteiger partial charge in [-0.15, -0.1) is 11.3 Å². The molecule has 3 aromatic carbocycles. The zero-order valence-electron chi connectivity index (χ0n) is 20.7. The number of hydrogen-bond donors (Lipinski definition) is 2. The Bertz CT molecular complexity index is 1370. The van der Waals surface area contributed by atoms with E-state index in [0.717, 1.165) is 13.0 Å². The monoisotopic (exact) mass is 524 g/mol. The number of ether oxygens (including phenoxy) is 1. The van der Waals surface area contributed by atoms with E-state index in [2.05, 4.69) is 4.90 Å². The maximum atomic E-state index is 13.5. The zero-order chi connectivity index (χ0) is 26.4. The highest BCUT2D eigenvalue weighted by molar-refractivity contribution is 7.21. The molecule has 1 aliphatic rings. The highest BCUT2D eigenvalue weighted by Crippen LogP contribution is 2.43. The van der Waals surface area contributed by atoms with Crippen LogP contribution in [0.1, 0.15) is 40.1 Å². The number of hydrogen-bond acceptors (Lipinski definition) is 6. The van der Waals surface area contributed by atoms with Crippen molar-refractivity contribution in [2.45, 2.75) is 26.2 Å². The van der Waals surface area contributed by atoms with Gasteiger partial charge in [0.2, 0.25) is 5.78 Å². The quantitative estimate of drug-likeness (QED) is 0.199. The molecular formula is C29H30F2N2O3S. The number of alkyl halides is 1. The van der Waals surface area contributed by atoms with Crippen molar-refractivity contribution >= 4 is 32.9 Å². The van der Waals surface area contributed by atoms with Crippen LogP contribution in [0.5, 0.6) is 17.2 Å². The molecular weight excluding hydrogens is 494 g/mol. The molecule has 8 heteroatoms. The number of thiophene rings is 1. The maximum Gasteiger partial charge on any atom is 0.207 e. The molecule has 3 N–H and O–H groups in total. The van der Waals surface area contributed by atoms with Gasteiger partial charge in [-0.05, 0) is 106 Å². The number of carbonyl (C=O) groups excluding carboxylic acids is 1. The number of nitrogens with two attached hydrogens (primary N) is 1. The second-order valence-electron chi connectivity index (χ2n) is 8.99. The summed E-state index contributed by atoms with van der Waals surface area (Å²) < 4.78 is 31.8. The number of aromatic hydroxyl groups is 1. The van der Waals surface area contributed by atoms with Gasteiger partial charge >= 0.3 is 0 Å². The summed E-state index contributed by atoms with van der Waals surface area (Å²) in [6.07, 6.45) is 3.35. The number of carbonyl (C=O) groups is 1. The number of rotatable bonds is 7. The van der Waals surface area contributed by atoms with E-state index in [4.69, 9.17) is 10.5 Å². The Morgan fingerprint density at radius 3 is 2.49 bits per heavy atom. The van der Waals surface area contributed by atoms with Crippen molar-refractivity contribution in [3.8, 4) is 17.2 Å². The molecule has 1 aromatic heterocycles. The summed E-state index contributed by atoms with van der Waals surface area (Å²) in [4.78, 5) is 15.9. The van der Waals surface area contributed by atoms with Crippen LogP contribution in [0.4, 0.5) is 14.5 Å². The molecule has 2 heterocycles. The highest BCUT2D eigenvalue weighted by atomic mass is 32.1. The van der Waals surface area contributed by atoms with Crippen molar-refractivity contribution < 1.29 is 23.4 Å². The first-order chi connectivity index (χ1) is 17.9. The average Bonchev–Trinajstić information content (AvgIpc) is 3.52. The Balaban J connectivity index is 0.000000301. The van der Waals surface area contributed by atoms with Gasteiger partial charge in [0, 0.05) is 27.9 Å². The predicted octanol–water partition coefficient (Wildman–Crippen LogP) is 7.10. The lowest BCUT2D eigenvalue weighted by molar-refractivity contribution is 0.104. The van der Waals surface area contributed by atoms with Gasteiger partial charge in [0.05, 0.1) is 6.67 Å². The van der Waals surface area contributed by atoms with Crippen molar-refractivity contribution in [1.29, 1.82) is 0 Å². The van der Waals surface area contributed by atoms with Crippen LogP contribution in [-0.2, 0) is 0 Å². The van der Waals surface area contributed by atoms with Crippen molar-refractivity contribution in [2.75, 3.05) is 32.0 Å². The zero-order valence-corrected chi connectivity index (χ0v) is 21.5. The lowest BCUT2D eigenvalue weighted by Gasteiger charge is -2.11. The van der Waals surface area contributed by atoms with Crippen LogP contribution in [0.15, 0.2) is 60.7 Å². The van der Waals surface area contributed by atoms with E-state index in [1.54, 1.807) is 49.4 Å². The average molecular weight is 525 g/mol. The molecule has 0 spiro atoms. The lowest BCUT2D eigenvalue weighted by Crippen LogP contribution is -2.20. The largest absolute Gasteiger partial charge is 0.508 e. The molecule has 5 rings (SSSR count). The summed E-state index contributed by atoms with van der Waals surface area (Å²) in [7, 11) is 0. The number of aryl methyl sites for hydroxylation is 1. The molecule has 4 aromatic rings. The summed E-state index contributed by atoms with van der Waals surface area (Å²) in [5.74, 6) is 0.382. The Morgan fingerprint density at radius 2 is 1.81 bits per heavy atom. The van der Waals surface area contributed by atoms with E-state index >= 15 is 0 Å². The van der Waals surface area contributed by atoms with Gasteiger partial charge in [-0.1, -0.05) is 0 Å². The first kappa shape index (κ1) is 26.6. The smallest absolute Gasteiger partial charge is 0.207 e. The van der Waals surface area contributed by atoms with Crippen LogP contribution in [0.25, 0.3) is 10.1 Å². The number of nitrogens with zero attached hydrogens (tertiary/aromatic N) is 1. The van der Waals surface area contributed by atoms with Gasteiger partial charge in [-0.25, -0.2) is 4.39 Å². The summed E-state index contributed by atoms with van der Waals surface area (Å²) in [5, 5.41) is 10.5. The second-order valence-corrected chi connectivity index (χ2v) is 10.0. The number of nitrogen functional groups attached to an aromatic ring is 1. The molecule has 0 atom stereocenters. The molecule has 5 nitrogen and oxygen atoms in total. The Hall–Kier alpha value is -3.49. The molecule has 1 saturated heterocycles. The van der Waals surface area contributed by atoms with Gasteiger partial charge in [0.1, 0.15) is 22.2 Å². The van der Waals surface area contributed by atoms with Gasteiger partial charge in [-0.3, -0.25) is 9.18 Å².